The Hall–Kier alpha value is -1.89. The summed E-state index contributed by atoms with van der Waals surface area (Å²) in [5.41, 5.74) is 0.765. The molecule has 3 aliphatic rings. The molecule has 0 saturated carbocycles. The van der Waals surface area contributed by atoms with Crippen molar-refractivity contribution in [2.24, 2.45) is 0 Å². The van der Waals surface area contributed by atoms with Gasteiger partial charge in [-0.3, -0.25) is 5.10 Å². The molecule has 0 unspecified atom stereocenters. The lowest BCUT2D eigenvalue weighted by Crippen LogP contribution is -2.38. The van der Waals surface area contributed by atoms with E-state index in [2.05, 4.69) is 30.2 Å². The van der Waals surface area contributed by atoms with Crippen LogP contribution in [0.1, 0.15) is 12.8 Å². The summed E-state index contributed by atoms with van der Waals surface area (Å²) < 4.78 is 5.79. The number of rotatable bonds is 2. The minimum atomic E-state index is 0.506. The molecule has 2 aromatic heterocycles. The fraction of sp³-hybridized carbons (Fsp3) is 0.583. The fourth-order valence-corrected chi connectivity index (χ4v) is 2.95. The van der Waals surface area contributed by atoms with Gasteiger partial charge < -0.3 is 14.2 Å². The van der Waals surface area contributed by atoms with Gasteiger partial charge in [-0.2, -0.15) is 5.10 Å². The highest BCUT2D eigenvalue weighted by Gasteiger charge is 2.31. The zero-order valence-corrected chi connectivity index (χ0v) is 10.6. The molecule has 2 bridgehead atoms. The van der Waals surface area contributed by atoms with Gasteiger partial charge >= 0.3 is 6.01 Å². The number of fused-ring (bicyclic) bond motifs is 4. The van der Waals surface area contributed by atoms with E-state index in [9.17, 15) is 0 Å². The molecule has 0 atom stereocenters. The normalized spacial score (nSPS) is 26.6. The molecule has 3 fully saturated rings. The van der Waals surface area contributed by atoms with Crippen LogP contribution in [0.4, 0.5) is 6.01 Å². The predicted molar refractivity (Wildman–Crippen MR) is 68.7 cm³/mol. The Kier molecular flexibility index (Phi) is 2.51. The van der Waals surface area contributed by atoms with Crippen LogP contribution >= 0.6 is 0 Å². The van der Waals surface area contributed by atoms with Crippen LogP contribution in [-0.4, -0.2) is 57.5 Å². The minimum Gasteiger partial charge on any atom is -0.402 e. The van der Waals surface area contributed by atoms with Gasteiger partial charge in [-0.15, -0.1) is 5.10 Å². The molecule has 19 heavy (non-hydrogen) atoms. The first kappa shape index (κ1) is 11.0. The molecule has 0 radical (unpaired) electrons. The third-order valence-corrected chi connectivity index (χ3v) is 4.05. The summed E-state index contributed by atoms with van der Waals surface area (Å²) in [5.74, 6) is 0.506. The van der Waals surface area contributed by atoms with E-state index >= 15 is 0 Å². The van der Waals surface area contributed by atoms with Crippen molar-refractivity contribution in [2.45, 2.75) is 18.9 Å². The topological polar surface area (TPSA) is 74.1 Å². The van der Waals surface area contributed by atoms with Gasteiger partial charge in [-0.25, -0.2) is 0 Å². The van der Waals surface area contributed by atoms with Gasteiger partial charge in [0, 0.05) is 38.4 Å². The first-order chi connectivity index (χ1) is 9.40. The SMILES string of the molecule is c1cc(-c2nnc(N3CCN4CCC3CC4)o2)[nH]n1. The van der Waals surface area contributed by atoms with Crippen molar-refractivity contribution in [2.75, 3.05) is 31.1 Å². The van der Waals surface area contributed by atoms with E-state index in [1.807, 2.05) is 6.07 Å². The van der Waals surface area contributed by atoms with Gasteiger partial charge in [0.1, 0.15) is 5.69 Å². The quantitative estimate of drug-likeness (QED) is 0.858. The lowest BCUT2D eigenvalue weighted by atomic mass is 10.1. The largest absolute Gasteiger partial charge is 0.402 e. The molecule has 7 nitrogen and oxygen atoms in total. The highest BCUT2D eigenvalue weighted by Crippen LogP contribution is 2.27. The van der Waals surface area contributed by atoms with Gasteiger partial charge in [0.2, 0.25) is 0 Å². The molecule has 1 N–H and O–H groups in total. The van der Waals surface area contributed by atoms with Gasteiger partial charge in [0.15, 0.2) is 0 Å². The Bertz CT molecular complexity index is 542. The molecule has 0 amide bonds. The monoisotopic (exact) mass is 260 g/mol. The molecule has 0 aromatic carbocycles. The number of anilines is 1. The van der Waals surface area contributed by atoms with Gasteiger partial charge in [0.05, 0.1) is 0 Å². The molecule has 2 aromatic rings. The van der Waals surface area contributed by atoms with Gasteiger partial charge in [-0.05, 0) is 18.9 Å². The average Bonchev–Trinajstić information content (AvgIpc) is 3.05. The summed E-state index contributed by atoms with van der Waals surface area (Å²) in [4.78, 5) is 4.77. The summed E-state index contributed by atoms with van der Waals surface area (Å²) in [5, 5.41) is 15.0. The Balaban J connectivity index is 1.62. The Morgan fingerprint density at radius 1 is 1.16 bits per heavy atom. The van der Waals surface area contributed by atoms with Crippen LogP contribution in [0.2, 0.25) is 0 Å². The zero-order valence-electron chi connectivity index (χ0n) is 10.6. The second kappa shape index (κ2) is 4.34. The number of aromatic nitrogens is 4. The maximum atomic E-state index is 5.79. The zero-order chi connectivity index (χ0) is 12.7. The van der Waals surface area contributed by atoms with Crippen molar-refractivity contribution >= 4 is 6.01 Å². The van der Waals surface area contributed by atoms with Crippen molar-refractivity contribution in [1.29, 1.82) is 0 Å². The first-order valence-corrected chi connectivity index (χ1v) is 6.72. The Morgan fingerprint density at radius 2 is 2.05 bits per heavy atom. The number of H-pyrrole nitrogens is 1. The molecule has 3 aliphatic heterocycles. The number of nitrogens with zero attached hydrogens (tertiary/aromatic N) is 5. The van der Waals surface area contributed by atoms with Crippen LogP contribution < -0.4 is 4.90 Å². The van der Waals surface area contributed by atoms with Gasteiger partial charge in [0.25, 0.3) is 5.89 Å². The second-order valence-electron chi connectivity index (χ2n) is 5.13. The highest BCUT2D eigenvalue weighted by molar-refractivity contribution is 5.46. The summed E-state index contributed by atoms with van der Waals surface area (Å²) in [6.45, 7) is 4.42. The van der Waals surface area contributed by atoms with Crippen molar-refractivity contribution < 1.29 is 4.42 Å². The van der Waals surface area contributed by atoms with E-state index in [-0.39, 0.29) is 0 Å². The maximum absolute atomic E-state index is 5.79. The van der Waals surface area contributed by atoms with Crippen LogP contribution in [0.3, 0.4) is 0 Å². The third kappa shape index (κ3) is 1.90. The standard InChI is InChI=1S/C12H16N6O/c1-4-13-14-10(1)11-15-16-12(19-11)18-8-7-17-5-2-9(18)3-6-17/h1,4,9H,2-3,5-8H2,(H,13,14). The number of piperidine rings is 1. The van der Waals surface area contributed by atoms with Gasteiger partial charge in [-0.1, -0.05) is 5.10 Å². The molecule has 7 heteroatoms. The predicted octanol–water partition coefficient (Wildman–Crippen LogP) is 0.744. The second-order valence-corrected chi connectivity index (χ2v) is 5.13. The third-order valence-electron chi connectivity index (χ3n) is 4.05. The number of aromatic amines is 1. The average molecular weight is 260 g/mol. The van der Waals surface area contributed by atoms with E-state index < -0.39 is 0 Å². The smallest absolute Gasteiger partial charge is 0.318 e. The summed E-state index contributed by atoms with van der Waals surface area (Å²) in [6.07, 6.45) is 4.05. The number of hydrogen-bond donors (Lipinski definition) is 1. The lowest BCUT2D eigenvalue weighted by molar-refractivity contribution is 0.249. The minimum absolute atomic E-state index is 0.506. The van der Waals surface area contributed by atoms with E-state index in [1.54, 1.807) is 6.20 Å². The molecule has 5 rings (SSSR count). The van der Waals surface area contributed by atoms with Crippen molar-refractivity contribution in [1.82, 2.24) is 25.3 Å². The molecule has 5 heterocycles. The molecule has 100 valence electrons. The van der Waals surface area contributed by atoms with E-state index in [4.69, 9.17) is 4.42 Å². The highest BCUT2D eigenvalue weighted by atomic mass is 16.4. The first-order valence-electron chi connectivity index (χ1n) is 6.72. The van der Waals surface area contributed by atoms with E-state index in [1.165, 1.54) is 25.9 Å². The summed E-state index contributed by atoms with van der Waals surface area (Å²) >= 11 is 0. The maximum Gasteiger partial charge on any atom is 0.318 e. The van der Waals surface area contributed by atoms with Crippen LogP contribution in [0, 0.1) is 0 Å². The van der Waals surface area contributed by atoms with Crippen LogP contribution in [0.15, 0.2) is 16.7 Å². The molecule has 0 aliphatic carbocycles. The molecule has 0 spiro atoms. The fourth-order valence-electron chi connectivity index (χ4n) is 2.95. The van der Waals surface area contributed by atoms with Crippen molar-refractivity contribution in [3.05, 3.63) is 12.3 Å². The number of hydrogen-bond acceptors (Lipinski definition) is 6. The lowest BCUT2D eigenvalue weighted by Gasteiger charge is -2.29. The van der Waals surface area contributed by atoms with E-state index in [0.29, 0.717) is 17.9 Å². The van der Waals surface area contributed by atoms with E-state index in [0.717, 1.165) is 18.8 Å². The molecule has 3 saturated heterocycles. The summed E-state index contributed by atoms with van der Waals surface area (Å²) in [6, 6.07) is 3.00. The molecular weight excluding hydrogens is 244 g/mol. The Morgan fingerprint density at radius 3 is 2.84 bits per heavy atom. The number of nitrogens with one attached hydrogen (secondary N) is 1. The van der Waals surface area contributed by atoms with Crippen LogP contribution in [0.5, 0.6) is 0 Å². The van der Waals surface area contributed by atoms with Crippen molar-refractivity contribution in [3.63, 3.8) is 0 Å². The van der Waals surface area contributed by atoms with Crippen LogP contribution in [-0.2, 0) is 0 Å². The molecular formula is C12H16N6O. The summed E-state index contributed by atoms with van der Waals surface area (Å²) in [7, 11) is 0. The van der Waals surface area contributed by atoms with Crippen molar-refractivity contribution in [3.8, 4) is 11.6 Å². The van der Waals surface area contributed by atoms with Crippen LogP contribution in [0.25, 0.3) is 11.6 Å². The Labute approximate surface area is 110 Å².